The minimum atomic E-state index is 1.09. The number of hydrogen-bond acceptors (Lipinski definition) is 0. The Morgan fingerprint density at radius 1 is 0.520 bits per heavy atom. The third-order valence-corrected chi connectivity index (χ3v) is 7.38. The maximum atomic E-state index is 2.42. The first kappa shape index (κ1) is 11.9. The molecule has 5 aromatic carbocycles. The smallest absolute Gasteiger partial charge is 0.00143 e. The summed E-state index contributed by atoms with van der Waals surface area (Å²) in [5, 5.41) is 12.6. The number of aryl methyl sites for hydroxylation is 4. The third-order valence-electron chi connectivity index (χ3n) is 7.38. The highest BCUT2D eigenvalue weighted by molar-refractivity contribution is 6.38. The predicted octanol–water partition coefficient (Wildman–Crippen LogP) is 5.94. The molecule has 0 saturated carbocycles. The largest absolute Gasteiger partial charge is 0.0795 e. The zero-order chi connectivity index (χ0) is 15.9. The molecule has 0 saturated heterocycles. The van der Waals surface area contributed by atoms with Gasteiger partial charge in [-0.1, -0.05) is 36.4 Å². The first-order valence-electron chi connectivity index (χ1n) is 9.62. The predicted molar refractivity (Wildman–Crippen MR) is 106 cm³/mol. The molecule has 3 aliphatic rings. The van der Waals surface area contributed by atoms with Gasteiger partial charge >= 0.3 is 0 Å². The summed E-state index contributed by atoms with van der Waals surface area (Å²) in [6, 6.07) is 9.65. The van der Waals surface area contributed by atoms with Gasteiger partial charge in [-0.2, -0.15) is 0 Å². The number of fused-ring (bicyclic) bond motifs is 3. The molecule has 0 aromatic heterocycles. The van der Waals surface area contributed by atoms with E-state index in [0.29, 0.717) is 0 Å². The van der Waals surface area contributed by atoms with Crippen molar-refractivity contribution in [2.24, 2.45) is 0 Å². The molecule has 25 heavy (non-hydrogen) atoms. The fourth-order valence-corrected chi connectivity index (χ4v) is 6.54. The molecule has 0 aliphatic heterocycles. The molecule has 0 fully saturated rings. The molecule has 116 valence electrons. The Balaban J connectivity index is 1.86. The molecule has 0 heteroatoms. The summed E-state index contributed by atoms with van der Waals surface area (Å²) in [6.07, 6.45) is 10.8. The lowest BCUT2D eigenvalue weighted by Crippen LogP contribution is -2.00. The van der Waals surface area contributed by atoms with Crippen LogP contribution in [0.2, 0.25) is 0 Å². The highest BCUT2D eigenvalue weighted by Crippen LogP contribution is 2.54. The van der Waals surface area contributed by atoms with Crippen molar-refractivity contribution in [3.63, 3.8) is 0 Å². The first-order valence-corrected chi connectivity index (χ1v) is 9.62. The van der Waals surface area contributed by atoms with Gasteiger partial charge in [0.05, 0.1) is 0 Å². The number of rotatable bonds is 0. The molecule has 0 heterocycles. The molecule has 0 radical (unpaired) electrons. The van der Waals surface area contributed by atoms with E-state index in [2.05, 4.69) is 36.4 Å². The Morgan fingerprint density at radius 3 is 2.12 bits per heavy atom. The minimum Gasteiger partial charge on any atom is -0.0795 e. The molecular weight excluding hydrogens is 300 g/mol. The monoisotopic (exact) mass is 316 g/mol. The zero-order valence-corrected chi connectivity index (χ0v) is 14.0. The summed E-state index contributed by atoms with van der Waals surface area (Å²) >= 11 is 0. The Hall–Kier alpha value is -2.60. The van der Waals surface area contributed by atoms with Crippen LogP contribution in [-0.4, -0.2) is 0 Å². The summed E-state index contributed by atoms with van der Waals surface area (Å²) in [5.41, 5.74) is 9.70. The van der Waals surface area contributed by atoms with Gasteiger partial charge in [-0.3, -0.25) is 0 Å². The standard InChI is InChI=1S/C25H16/c1-2-12-4-8-16-17-9-6-13-5-7-15-19-11-10-18-14(3-1)20(12)22(16)24(18)25(19)23(17)21(13)15/h1,3-4,6,8-9H,2,5,7,10-11H2. The second-order valence-corrected chi connectivity index (χ2v) is 8.25. The van der Waals surface area contributed by atoms with Crippen LogP contribution in [0.15, 0.2) is 30.3 Å². The molecule has 0 amide bonds. The van der Waals surface area contributed by atoms with E-state index in [0.717, 1.165) is 6.42 Å². The van der Waals surface area contributed by atoms with Gasteiger partial charge in [-0.05, 0) is 109 Å². The zero-order valence-electron chi connectivity index (χ0n) is 14.0. The van der Waals surface area contributed by atoms with Crippen LogP contribution in [0, 0.1) is 0 Å². The average Bonchev–Trinajstić information content (AvgIpc) is 3.32. The van der Waals surface area contributed by atoms with Crippen LogP contribution < -0.4 is 0 Å². The molecule has 5 aromatic rings. The molecule has 0 unspecified atom stereocenters. The maximum absolute atomic E-state index is 2.42. The van der Waals surface area contributed by atoms with Crippen molar-refractivity contribution in [3.8, 4) is 0 Å². The van der Waals surface area contributed by atoms with Crippen LogP contribution >= 0.6 is 0 Å². The van der Waals surface area contributed by atoms with Gasteiger partial charge in [-0.25, -0.2) is 0 Å². The molecule has 0 N–H and O–H groups in total. The Bertz CT molecular complexity index is 1440. The minimum absolute atomic E-state index is 1.09. The number of allylic oxidation sites excluding steroid dienone is 1. The summed E-state index contributed by atoms with van der Waals surface area (Å²) in [4.78, 5) is 0. The van der Waals surface area contributed by atoms with Crippen molar-refractivity contribution in [2.75, 3.05) is 0 Å². The molecule has 0 nitrogen and oxygen atoms in total. The van der Waals surface area contributed by atoms with Crippen LogP contribution in [0.4, 0.5) is 0 Å². The molecular formula is C25H16. The SMILES string of the molecule is C1=Cc2c3c4c5c(c6c7c(ccc(c8ccc(c2c84)C1)c75)CC6)CC3. The first-order chi connectivity index (χ1) is 12.4. The van der Waals surface area contributed by atoms with Crippen molar-refractivity contribution in [1.29, 1.82) is 0 Å². The van der Waals surface area contributed by atoms with Crippen LogP contribution in [0.1, 0.15) is 33.4 Å². The van der Waals surface area contributed by atoms with E-state index in [4.69, 9.17) is 0 Å². The van der Waals surface area contributed by atoms with Gasteiger partial charge in [0.1, 0.15) is 0 Å². The van der Waals surface area contributed by atoms with E-state index in [1.807, 2.05) is 0 Å². The quantitative estimate of drug-likeness (QED) is 0.310. The fourth-order valence-electron chi connectivity index (χ4n) is 6.54. The normalized spacial score (nSPS) is 17.4. The Labute approximate surface area is 145 Å². The van der Waals surface area contributed by atoms with Crippen molar-refractivity contribution in [3.05, 3.63) is 63.7 Å². The van der Waals surface area contributed by atoms with Crippen molar-refractivity contribution >= 4 is 49.2 Å². The van der Waals surface area contributed by atoms with Gasteiger partial charge < -0.3 is 0 Å². The Morgan fingerprint density at radius 2 is 1.20 bits per heavy atom. The van der Waals surface area contributed by atoms with Crippen LogP contribution in [0.3, 0.4) is 0 Å². The van der Waals surface area contributed by atoms with E-state index in [9.17, 15) is 0 Å². The molecule has 0 atom stereocenters. The van der Waals surface area contributed by atoms with Crippen molar-refractivity contribution in [1.82, 2.24) is 0 Å². The third kappa shape index (κ3) is 1.05. The summed E-state index contributed by atoms with van der Waals surface area (Å²) in [6.45, 7) is 0. The van der Waals surface area contributed by atoms with E-state index < -0.39 is 0 Å². The average molecular weight is 316 g/mol. The van der Waals surface area contributed by atoms with E-state index >= 15 is 0 Å². The van der Waals surface area contributed by atoms with Gasteiger partial charge in [-0.15, -0.1) is 0 Å². The van der Waals surface area contributed by atoms with Crippen molar-refractivity contribution in [2.45, 2.75) is 32.1 Å². The van der Waals surface area contributed by atoms with Gasteiger partial charge in [0.15, 0.2) is 0 Å². The molecule has 0 bridgehead atoms. The topological polar surface area (TPSA) is 0 Å². The fraction of sp³-hybridized carbons (Fsp3) is 0.200. The summed E-state index contributed by atoms with van der Waals surface area (Å²) in [5.74, 6) is 0. The van der Waals surface area contributed by atoms with E-state index in [1.54, 1.807) is 60.1 Å². The van der Waals surface area contributed by atoms with E-state index in [1.165, 1.54) is 42.0 Å². The van der Waals surface area contributed by atoms with Crippen LogP contribution in [-0.2, 0) is 32.1 Å². The number of benzene rings is 3. The van der Waals surface area contributed by atoms with Crippen molar-refractivity contribution < 1.29 is 0 Å². The lowest BCUT2D eigenvalue weighted by atomic mass is 9.88. The summed E-state index contributed by atoms with van der Waals surface area (Å²) in [7, 11) is 0. The maximum Gasteiger partial charge on any atom is -0.00143 e. The second kappa shape index (κ2) is 3.51. The van der Waals surface area contributed by atoms with Crippen LogP contribution in [0.25, 0.3) is 49.2 Å². The molecule has 0 spiro atoms. The Kier molecular flexibility index (Phi) is 1.66. The van der Waals surface area contributed by atoms with Gasteiger partial charge in [0, 0.05) is 0 Å². The highest BCUT2D eigenvalue weighted by atomic mass is 14.4. The van der Waals surface area contributed by atoms with Gasteiger partial charge in [0.2, 0.25) is 0 Å². The lowest BCUT2D eigenvalue weighted by molar-refractivity contribution is 0.933. The second-order valence-electron chi connectivity index (χ2n) is 8.25. The molecule has 3 aliphatic carbocycles. The lowest BCUT2D eigenvalue weighted by Gasteiger charge is -2.15. The number of hydrogen-bond donors (Lipinski definition) is 0. The summed E-state index contributed by atoms with van der Waals surface area (Å²) < 4.78 is 0. The van der Waals surface area contributed by atoms with Gasteiger partial charge in [0.25, 0.3) is 0 Å². The molecule has 8 rings (SSSR count). The highest BCUT2D eigenvalue weighted by Gasteiger charge is 2.32. The van der Waals surface area contributed by atoms with Crippen LogP contribution in [0.5, 0.6) is 0 Å². The van der Waals surface area contributed by atoms with E-state index in [-0.39, 0.29) is 0 Å².